The number of morpholine rings is 1. The average molecular weight is 276 g/mol. The highest BCUT2D eigenvalue weighted by Crippen LogP contribution is 2.12. The average Bonchev–Trinajstić information content (AvgIpc) is 2.81. The molecule has 0 saturated carbocycles. The SMILES string of the molecule is Cc1cc(C)n2cc(CN3CCOC(CO)C3)nc2n1. The van der Waals surface area contributed by atoms with Gasteiger partial charge in [-0.2, -0.15) is 0 Å². The van der Waals surface area contributed by atoms with Gasteiger partial charge in [0.2, 0.25) is 5.78 Å². The molecule has 1 fully saturated rings. The van der Waals surface area contributed by atoms with E-state index in [1.165, 1.54) is 0 Å². The number of imidazole rings is 1. The Labute approximate surface area is 118 Å². The van der Waals surface area contributed by atoms with Gasteiger partial charge in [-0.1, -0.05) is 0 Å². The first-order chi connectivity index (χ1) is 9.65. The minimum atomic E-state index is -0.0807. The van der Waals surface area contributed by atoms with Gasteiger partial charge in [-0.05, 0) is 19.9 Å². The summed E-state index contributed by atoms with van der Waals surface area (Å²) in [5.41, 5.74) is 3.13. The molecule has 0 bridgehead atoms. The Morgan fingerprint density at radius 2 is 2.25 bits per heavy atom. The van der Waals surface area contributed by atoms with E-state index in [-0.39, 0.29) is 12.7 Å². The van der Waals surface area contributed by atoms with Crippen molar-refractivity contribution in [3.63, 3.8) is 0 Å². The van der Waals surface area contributed by atoms with Gasteiger partial charge >= 0.3 is 0 Å². The van der Waals surface area contributed by atoms with Crippen molar-refractivity contribution in [3.8, 4) is 0 Å². The van der Waals surface area contributed by atoms with Gasteiger partial charge in [0.05, 0.1) is 25.0 Å². The maximum Gasteiger partial charge on any atom is 0.234 e. The summed E-state index contributed by atoms with van der Waals surface area (Å²) in [6, 6.07) is 2.05. The molecule has 3 rings (SSSR count). The lowest BCUT2D eigenvalue weighted by Crippen LogP contribution is -2.43. The molecule has 20 heavy (non-hydrogen) atoms. The Balaban J connectivity index is 1.79. The maximum absolute atomic E-state index is 9.17. The van der Waals surface area contributed by atoms with Crippen LogP contribution in [0.1, 0.15) is 17.1 Å². The smallest absolute Gasteiger partial charge is 0.234 e. The van der Waals surface area contributed by atoms with Gasteiger partial charge in [0.15, 0.2) is 0 Å². The molecule has 1 N–H and O–H groups in total. The Morgan fingerprint density at radius 1 is 1.40 bits per heavy atom. The quantitative estimate of drug-likeness (QED) is 0.886. The van der Waals surface area contributed by atoms with E-state index in [2.05, 4.69) is 27.9 Å². The fourth-order valence-corrected chi connectivity index (χ4v) is 2.66. The number of nitrogens with zero attached hydrogens (tertiary/aromatic N) is 4. The van der Waals surface area contributed by atoms with E-state index in [4.69, 9.17) is 4.74 Å². The second-order valence-corrected chi connectivity index (χ2v) is 5.35. The van der Waals surface area contributed by atoms with Crippen molar-refractivity contribution in [1.29, 1.82) is 0 Å². The number of aryl methyl sites for hydroxylation is 2. The van der Waals surface area contributed by atoms with E-state index >= 15 is 0 Å². The molecule has 0 spiro atoms. The summed E-state index contributed by atoms with van der Waals surface area (Å²) in [4.78, 5) is 11.3. The molecular weight excluding hydrogens is 256 g/mol. The topological polar surface area (TPSA) is 62.9 Å². The lowest BCUT2D eigenvalue weighted by atomic mass is 10.2. The van der Waals surface area contributed by atoms with Crippen molar-refractivity contribution in [2.75, 3.05) is 26.3 Å². The van der Waals surface area contributed by atoms with Crippen LogP contribution >= 0.6 is 0 Å². The van der Waals surface area contributed by atoms with Crippen molar-refractivity contribution in [2.24, 2.45) is 0 Å². The lowest BCUT2D eigenvalue weighted by Gasteiger charge is -2.31. The Kier molecular flexibility index (Phi) is 3.69. The van der Waals surface area contributed by atoms with Crippen molar-refractivity contribution in [3.05, 3.63) is 29.3 Å². The number of ether oxygens (including phenoxy) is 1. The van der Waals surface area contributed by atoms with E-state index in [1.54, 1.807) is 0 Å². The molecule has 1 aliphatic rings. The van der Waals surface area contributed by atoms with Gasteiger partial charge in [0.1, 0.15) is 0 Å². The number of hydrogen-bond acceptors (Lipinski definition) is 5. The molecular formula is C14H20N4O2. The molecule has 0 aromatic carbocycles. The number of aromatic nitrogens is 3. The number of aliphatic hydroxyl groups is 1. The monoisotopic (exact) mass is 276 g/mol. The second kappa shape index (κ2) is 5.47. The predicted octanol–water partition coefficient (Wildman–Crippen LogP) is 0.539. The number of rotatable bonds is 3. The Bertz CT molecular complexity index is 610. The third-order valence-electron chi connectivity index (χ3n) is 3.62. The molecule has 2 aromatic heterocycles. The zero-order valence-corrected chi connectivity index (χ0v) is 11.9. The summed E-state index contributed by atoms with van der Waals surface area (Å²) in [5.74, 6) is 0.754. The van der Waals surface area contributed by atoms with E-state index in [9.17, 15) is 5.11 Å². The zero-order chi connectivity index (χ0) is 14.1. The molecule has 108 valence electrons. The summed E-state index contributed by atoms with van der Waals surface area (Å²) >= 11 is 0. The molecule has 6 nitrogen and oxygen atoms in total. The van der Waals surface area contributed by atoms with E-state index < -0.39 is 0 Å². The molecule has 0 amide bonds. The predicted molar refractivity (Wildman–Crippen MR) is 74.6 cm³/mol. The largest absolute Gasteiger partial charge is 0.394 e. The first kappa shape index (κ1) is 13.5. The van der Waals surface area contributed by atoms with Crippen molar-refractivity contribution >= 4 is 5.78 Å². The maximum atomic E-state index is 9.17. The molecule has 2 aromatic rings. The van der Waals surface area contributed by atoms with Crippen molar-refractivity contribution in [2.45, 2.75) is 26.5 Å². The molecule has 3 heterocycles. The minimum Gasteiger partial charge on any atom is -0.394 e. The van der Waals surface area contributed by atoms with Crippen molar-refractivity contribution in [1.82, 2.24) is 19.3 Å². The highest BCUT2D eigenvalue weighted by Gasteiger charge is 2.20. The highest BCUT2D eigenvalue weighted by molar-refractivity contribution is 5.34. The van der Waals surface area contributed by atoms with Crippen LogP contribution in [0.5, 0.6) is 0 Å². The molecule has 1 aliphatic heterocycles. The molecule has 1 saturated heterocycles. The summed E-state index contributed by atoms with van der Waals surface area (Å²) in [5, 5.41) is 9.17. The summed E-state index contributed by atoms with van der Waals surface area (Å²) in [6.45, 7) is 7.16. The van der Waals surface area contributed by atoms with Crippen LogP contribution in [0.25, 0.3) is 5.78 Å². The molecule has 1 atom stereocenters. The Hall–Kier alpha value is -1.50. The Morgan fingerprint density at radius 3 is 3.05 bits per heavy atom. The zero-order valence-electron chi connectivity index (χ0n) is 11.9. The van der Waals surface area contributed by atoms with Crippen LogP contribution in [0, 0.1) is 13.8 Å². The first-order valence-corrected chi connectivity index (χ1v) is 6.93. The lowest BCUT2D eigenvalue weighted by molar-refractivity contribution is -0.0553. The van der Waals surface area contributed by atoms with Gasteiger partial charge in [-0.3, -0.25) is 9.30 Å². The third kappa shape index (κ3) is 2.67. The number of aliphatic hydroxyl groups excluding tert-OH is 1. The van der Waals surface area contributed by atoms with Gasteiger partial charge in [0, 0.05) is 37.2 Å². The second-order valence-electron chi connectivity index (χ2n) is 5.35. The molecule has 6 heteroatoms. The number of fused-ring (bicyclic) bond motifs is 1. The fraction of sp³-hybridized carbons (Fsp3) is 0.571. The molecule has 0 aliphatic carbocycles. The minimum absolute atomic E-state index is 0.0710. The van der Waals surface area contributed by atoms with Gasteiger partial charge in [0.25, 0.3) is 0 Å². The number of hydrogen-bond donors (Lipinski definition) is 1. The summed E-state index contributed by atoms with van der Waals surface area (Å²) < 4.78 is 7.48. The van der Waals surface area contributed by atoms with E-state index in [0.717, 1.165) is 42.5 Å². The normalized spacial score (nSPS) is 20.6. The van der Waals surface area contributed by atoms with E-state index in [0.29, 0.717) is 6.61 Å². The van der Waals surface area contributed by atoms with Gasteiger partial charge in [-0.15, -0.1) is 0 Å². The van der Waals surface area contributed by atoms with Crippen LogP contribution in [0.3, 0.4) is 0 Å². The third-order valence-corrected chi connectivity index (χ3v) is 3.62. The van der Waals surface area contributed by atoms with E-state index in [1.807, 2.05) is 17.5 Å². The first-order valence-electron chi connectivity index (χ1n) is 6.93. The fourth-order valence-electron chi connectivity index (χ4n) is 2.66. The van der Waals surface area contributed by atoms with Gasteiger partial charge < -0.3 is 9.84 Å². The van der Waals surface area contributed by atoms with Gasteiger partial charge in [-0.25, -0.2) is 9.97 Å². The highest BCUT2D eigenvalue weighted by atomic mass is 16.5. The van der Waals surface area contributed by atoms with Crippen molar-refractivity contribution < 1.29 is 9.84 Å². The molecule has 1 unspecified atom stereocenters. The summed E-state index contributed by atoms with van der Waals surface area (Å²) in [7, 11) is 0. The van der Waals surface area contributed by atoms with Crippen LogP contribution in [-0.2, 0) is 11.3 Å². The van der Waals surface area contributed by atoms with Crippen LogP contribution in [-0.4, -0.2) is 56.8 Å². The van der Waals surface area contributed by atoms with Crippen LogP contribution in [0.4, 0.5) is 0 Å². The van der Waals surface area contributed by atoms with Crippen LogP contribution in [0.15, 0.2) is 12.3 Å². The van der Waals surface area contributed by atoms with Crippen LogP contribution < -0.4 is 0 Å². The summed E-state index contributed by atoms with van der Waals surface area (Å²) in [6.07, 6.45) is 1.96. The molecule has 0 radical (unpaired) electrons. The standard InChI is InChI=1S/C14H20N4O2/c1-10-5-11(2)18-7-12(16-14(18)15-10)6-17-3-4-20-13(8-17)9-19/h5,7,13,19H,3-4,6,8-9H2,1-2H3. The van der Waals surface area contributed by atoms with Crippen LogP contribution in [0.2, 0.25) is 0 Å².